The summed E-state index contributed by atoms with van der Waals surface area (Å²) in [6, 6.07) is 0. The third kappa shape index (κ3) is 20.4. The summed E-state index contributed by atoms with van der Waals surface area (Å²) in [7, 11) is 0. The molecule has 0 aromatic carbocycles. The highest BCUT2D eigenvalue weighted by atomic mass is 35.5. The van der Waals surface area contributed by atoms with Crippen molar-refractivity contribution in [2.75, 3.05) is 5.88 Å². The molecule has 0 unspecified atom stereocenters. The summed E-state index contributed by atoms with van der Waals surface area (Å²) in [4.78, 5) is 0. The Morgan fingerprint density at radius 1 is 0.419 bits per heavy atom. The fourth-order valence-electron chi connectivity index (χ4n) is 3.42. The van der Waals surface area contributed by atoms with Crippen molar-refractivity contribution < 1.29 is 0 Å². The summed E-state index contributed by atoms with van der Waals surface area (Å²) in [5.41, 5.74) is 8.89. The van der Waals surface area contributed by atoms with Crippen LogP contribution in [-0.2, 0) is 0 Å². The first-order valence-electron chi connectivity index (χ1n) is 12.2. The maximum absolute atomic E-state index is 5.74. The zero-order valence-electron chi connectivity index (χ0n) is 21.6. The highest BCUT2D eigenvalue weighted by Crippen LogP contribution is 2.15. The third-order valence-corrected chi connectivity index (χ3v) is 5.80. The number of halogens is 1. The molecule has 0 atom stereocenters. The lowest BCUT2D eigenvalue weighted by molar-refractivity contribution is 0.886. The number of allylic oxidation sites excluding steroid dienone is 12. The van der Waals surface area contributed by atoms with Crippen molar-refractivity contribution in [3.63, 3.8) is 0 Å². The van der Waals surface area contributed by atoms with Crippen LogP contribution in [0.3, 0.4) is 0 Å². The Hall–Kier alpha value is -1.27. The van der Waals surface area contributed by atoms with Gasteiger partial charge in [-0.1, -0.05) is 69.9 Å². The zero-order valence-corrected chi connectivity index (χ0v) is 22.4. The molecular formula is C30H49Cl. The molecule has 0 bridgehead atoms. The average Bonchev–Trinajstić information content (AvgIpc) is 2.68. The van der Waals surface area contributed by atoms with Gasteiger partial charge in [0.05, 0.1) is 0 Å². The van der Waals surface area contributed by atoms with Crippen molar-refractivity contribution >= 4 is 11.6 Å². The molecule has 0 aliphatic rings. The van der Waals surface area contributed by atoms with E-state index in [4.69, 9.17) is 11.6 Å². The molecule has 0 aromatic rings. The Morgan fingerprint density at radius 2 is 0.677 bits per heavy atom. The minimum absolute atomic E-state index is 0.626. The molecule has 0 nitrogen and oxygen atoms in total. The van der Waals surface area contributed by atoms with E-state index < -0.39 is 0 Å². The quantitative estimate of drug-likeness (QED) is 0.164. The molecule has 0 heterocycles. The molecule has 176 valence electrons. The molecule has 0 saturated carbocycles. The van der Waals surface area contributed by atoms with Gasteiger partial charge in [-0.3, -0.25) is 0 Å². The van der Waals surface area contributed by atoms with Crippen LogP contribution in [0.25, 0.3) is 0 Å². The van der Waals surface area contributed by atoms with Crippen LogP contribution in [0.15, 0.2) is 69.9 Å². The molecule has 0 spiro atoms. The molecule has 1 heteroatoms. The Balaban J connectivity index is 4.09. The zero-order chi connectivity index (χ0) is 23.5. The van der Waals surface area contributed by atoms with E-state index in [9.17, 15) is 0 Å². The summed E-state index contributed by atoms with van der Waals surface area (Å²) in [5.74, 6) is 0.626. The Labute approximate surface area is 199 Å². The lowest BCUT2D eigenvalue weighted by Crippen LogP contribution is -1.83. The van der Waals surface area contributed by atoms with Crippen molar-refractivity contribution in [3.05, 3.63) is 69.9 Å². The molecule has 31 heavy (non-hydrogen) atoms. The minimum Gasteiger partial charge on any atom is -0.122 e. The van der Waals surface area contributed by atoms with E-state index >= 15 is 0 Å². The van der Waals surface area contributed by atoms with Gasteiger partial charge in [-0.15, -0.1) is 11.6 Å². The highest BCUT2D eigenvalue weighted by Gasteiger charge is 1.95. The summed E-state index contributed by atoms with van der Waals surface area (Å²) in [6.07, 6.45) is 25.8. The topological polar surface area (TPSA) is 0 Å². The largest absolute Gasteiger partial charge is 0.122 e. The molecule has 0 saturated heterocycles. The van der Waals surface area contributed by atoms with Gasteiger partial charge in [0.15, 0.2) is 0 Å². The maximum Gasteiger partial charge on any atom is 0.0406 e. The van der Waals surface area contributed by atoms with Crippen LogP contribution in [0.5, 0.6) is 0 Å². The van der Waals surface area contributed by atoms with Crippen molar-refractivity contribution in [2.45, 2.75) is 113 Å². The summed E-state index contributed by atoms with van der Waals surface area (Å²) in [6.45, 7) is 15.6. The van der Waals surface area contributed by atoms with Crippen LogP contribution in [0, 0.1) is 0 Å². The predicted octanol–water partition coefficient (Wildman–Crippen LogP) is 10.8. The molecule has 0 aromatic heterocycles. The van der Waals surface area contributed by atoms with Gasteiger partial charge >= 0.3 is 0 Å². The van der Waals surface area contributed by atoms with Gasteiger partial charge in [-0.25, -0.2) is 0 Å². The van der Waals surface area contributed by atoms with Crippen molar-refractivity contribution in [1.29, 1.82) is 0 Å². The first-order chi connectivity index (χ1) is 14.7. The van der Waals surface area contributed by atoms with Gasteiger partial charge in [0, 0.05) is 5.88 Å². The van der Waals surface area contributed by atoms with Gasteiger partial charge in [0.1, 0.15) is 0 Å². The number of hydrogen-bond acceptors (Lipinski definition) is 0. The summed E-state index contributed by atoms with van der Waals surface area (Å²) < 4.78 is 0. The molecule has 0 fully saturated rings. The molecule has 0 rings (SSSR count). The second kappa shape index (κ2) is 19.4. The number of alkyl halides is 1. The monoisotopic (exact) mass is 444 g/mol. The van der Waals surface area contributed by atoms with E-state index in [1.54, 1.807) is 0 Å². The van der Waals surface area contributed by atoms with E-state index in [0.29, 0.717) is 5.88 Å². The van der Waals surface area contributed by atoms with Crippen LogP contribution >= 0.6 is 11.6 Å². The first-order valence-corrected chi connectivity index (χ1v) is 12.8. The summed E-state index contributed by atoms with van der Waals surface area (Å²) >= 11 is 5.74. The lowest BCUT2D eigenvalue weighted by Gasteiger charge is -2.03. The van der Waals surface area contributed by atoms with Crippen molar-refractivity contribution in [2.24, 2.45) is 0 Å². The number of hydrogen-bond donors (Lipinski definition) is 0. The van der Waals surface area contributed by atoms with Crippen LogP contribution in [0.4, 0.5) is 0 Å². The minimum atomic E-state index is 0.626. The first kappa shape index (κ1) is 29.7. The van der Waals surface area contributed by atoms with Crippen molar-refractivity contribution in [1.82, 2.24) is 0 Å². The number of rotatable bonds is 16. The van der Waals surface area contributed by atoms with E-state index in [2.05, 4.69) is 84.9 Å². The van der Waals surface area contributed by atoms with Crippen LogP contribution in [-0.4, -0.2) is 5.88 Å². The van der Waals surface area contributed by atoms with Crippen LogP contribution in [0.1, 0.15) is 113 Å². The molecule has 0 aliphatic carbocycles. The van der Waals surface area contributed by atoms with Gasteiger partial charge < -0.3 is 0 Å². The molecule has 0 aliphatic heterocycles. The van der Waals surface area contributed by atoms with Crippen LogP contribution in [0.2, 0.25) is 0 Å². The maximum atomic E-state index is 5.74. The smallest absolute Gasteiger partial charge is 0.0406 e. The predicted molar refractivity (Wildman–Crippen MR) is 145 cm³/mol. The van der Waals surface area contributed by atoms with E-state index in [1.807, 2.05) is 0 Å². The molecule has 0 N–H and O–H groups in total. The molecular weight excluding hydrogens is 396 g/mol. The van der Waals surface area contributed by atoms with E-state index in [-0.39, 0.29) is 0 Å². The van der Waals surface area contributed by atoms with Gasteiger partial charge in [-0.2, -0.15) is 0 Å². The third-order valence-electron chi connectivity index (χ3n) is 5.64. The summed E-state index contributed by atoms with van der Waals surface area (Å²) in [5, 5.41) is 0. The van der Waals surface area contributed by atoms with E-state index in [1.165, 1.54) is 78.4 Å². The van der Waals surface area contributed by atoms with Gasteiger partial charge in [-0.05, 0) is 113 Å². The normalized spacial score (nSPS) is 14.3. The SMILES string of the molecule is CC(C)=CCC/C(C)=C/CC/C(C)=C/CC/C(C)=C/CC/C(C)=C/CC/C(C)=C/CCl. The fourth-order valence-corrected chi connectivity index (χ4v) is 3.68. The van der Waals surface area contributed by atoms with Crippen molar-refractivity contribution in [3.8, 4) is 0 Å². The Bertz CT molecular complexity index is 661. The second-order valence-electron chi connectivity index (χ2n) is 9.38. The fraction of sp³-hybridized carbons (Fsp3) is 0.600. The average molecular weight is 445 g/mol. The lowest BCUT2D eigenvalue weighted by atomic mass is 10.0. The van der Waals surface area contributed by atoms with Gasteiger partial charge in [0.2, 0.25) is 0 Å². The van der Waals surface area contributed by atoms with E-state index in [0.717, 1.165) is 19.3 Å². The molecule has 0 amide bonds. The van der Waals surface area contributed by atoms with Gasteiger partial charge in [0.25, 0.3) is 0 Å². The standard InChI is InChI=1S/C30H49Cl/c1-25(2)13-8-14-26(3)15-9-16-27(4)17-10-18-28(5)19-11-20-29(6)21-12-22-30(7)23-24-31/h13,15,17,19,21,23H,8-12,14,16,18,20,22,24H2,1-7H3/b26-15+,27-17+,28-19+,29-21+,30-23+. The second-order valence-corrected chi connectivity index (χ2v) is 9.69. The molecule has 0 radical (unpaired) electrons. The Kier molecular flexibility index (Phi) is 18.6. The van der Waals surface area contributed by atoms with Crippen LogP contribution < -0.4 is 0 Å². The Morgan fingerprint density at radius 3 is 0.935 bits per heavy atom. The highest BCUT2D eigenvalue weighted by molar-refractivity contribution is 6.18.